The Kier molecular flexibility index (Phi) is 6.23. The third-order valence-corrected chi connectivity index (χ3v) is 5.05. The van der Waals surface area contributed by atoms with Crippen LogP contribution >= 0.6 is 0 Å². The second kappa shape index (κ2) is 9.39. The van der Waals surface area contributed by atoms with Gasteiger partial charge in [-0.2, -0.15) is 0 Å². The van der Waals surface area contributed by atoms with Crippen LogP contribution in [-0.4, -0.2) is 17.2 Å². The Balaban J connectivity index is 1.51. The number of carbonyl (C=O) groups excluding carboxylic acids is 1. The molecule has 0 unspecified atom stereocenters. The van der Waals surface area contributed by atoms with Crippen LogP contribution in [-0.2, 0) is 11.3 Å². The molecule has 30 heavy (non-hydrogen) atoms. The van der Waals surface area contributed by atoms with E-state index in [9.17, 15) is 9.18 Å². The second-order valence-electron chi connectivity index (χ2n) is 7.29. The number of hydrogen-bond donors (Lipinski definition) is 1. The lowest BCUT2D eigenvalue weighted by Crippen LogP contribution is -2.15. The van der Waals surface area contributed by atoms with Crippen molar-refractivity contribution >= 4 is 11.8 Å². The second-order valence-corrected chi connectivity index (χ2v) is 7.29. The van der Waals surface area contributed by atoms with E-state index in [0.717, 1.165) is 36.8 Å². The van der Waals surface area contributed by atoms with Gasteiger partial charge >= 0.3 is 6.09 Å². The highest BCUT2D eigenvalue weighted by atomic mass is 19.1. The van der Waals surface area contributed by atoms with Crippen molar-refractivity contribution in [2.45, 2.75) is 38.4 Å². The first-order chi connectivity index (χ1) is 14.7. The van der Waals surface area contributed by atoms with Gasteiger partial charge in [-0.1, -0.05) is 42.5 Å². The third kappa shape index (κ3) is 5.14. The van der Waals surface area contributed by atoms with Crippen LogP contribution in [0.3, 0.4) is 0 Å². The van der Waals surface area contributed by atoms with Gasteiger partial charge in [0.2, 0.25) is 5.88 Å². The predicted molar refractivity (Wildman–Crippen MR) is 113 cm³/mol. The van der Waals surface area contributed by atoms with Crippen LogP contribution in [0.15, 0.2) is 66.9 Å². The summed E-state index contributed by atoms with van der Waals surface area (Å²) in [6.07, 6.45) is 5.38. The van der Waals surface area contributed by atoms with E-state index < -0.39 is 6.09 Å². The molecule has 5 nitrogen and oxygen atoms in total. The molecule has 1 fully saturated rings. The largest absolute Gasteiger partial charge is 0.474 e. The summed E-state index contributed by atoms with van der Waals surface area (Å²) in [5, 5.41) is 2.70. The minimum absolute atomic E-state index is 0.131. The maximum absolute atomic E-state index is 13.4. The topological polar surface area (TPSA) is 60.5 Å². The number of benzene rings is 2. The Labute approximate surface area is 174 Å². The molecule has 1 heterocycles. The van der Waals surface area contributed by atoms with Crippen LogP contribution in [0, 0.1) is 5.82 Å². The van der Waals surface area contributed by atoms with Gasteiger partial charge in [-0.15, -0.1) is 0 Å². The highest BCUT2D eigenvalue weighted by Crippen LogP contribution is 2.33. The first kappa shape index (κ1) is 19.9. The zero-order chi connectivity index (χ0) is 20.8. The van der Waals surface area contributed by atoms with Crippen LogP contribution < -0.4 is 10.1 Å². The van der Waals surface area contributed by atoms with Crippen LogP contribution in [0.25, 0.3) is 11.1 Å². The fourth-order valence-electron chi connectivity index (χ4n) is 3.49. The summed E-state index contributed by atoms with van der Waals surface area (Å²) in [5.41, 5.74) is 2.84. The molecular weight excluding hydrogens is 383 g/mol. The average Bonchev–Trinajstić information content (AvgIpc) is 3.28. The molecule has 6 heteroatoms. The fraction of sp³-hybridized carbons (Fsp3) is 0.250. The standard InChI is InChI=1S/C24H23FN2O3/c25-19-12-10-18(11-13-19)22-14-20(15-26-23(22)30-21-8-4-5-9-21)27-24(28)29-16-17-6-2-1-3-7-17/h1-3,6-7,10-15,21H,4-5,8-9,16H2,(H,27,28). The Morgan fingerprint density at radius 2 is 1.80 bits per heavy atom. The van der Waals surface area contributed by atoms with Crippen molar-refractivity contribution in [3.05, 3.63) is 78.2 Å². The quantitative estimate of drug-likeness (QED) is 0.549. The smallest absolute Gasteiger partial charge is 0.412 e. The summed E-state index contributed by atoms with van der Waals surface area (Å²) in [6, 6.07) is 17.3. The van der Waals surface area contributed by atoms with E-state index in [4.69, 9.17) is 9.47 Å². The Hall–Kier alpha value is -3.41. The van der Waals surface area contributed by atoms with E-state index in [-0.39, 0.29) is 18.5 Å². The molecule has 1 aliphatic carbocycles. The normalized spacial score (nSPS) is 13.8. The van der Waals surface area contributed by atoms with Crippen molar-refractivity contribution in [2.24, 2.45) is 0 Å². The molecule has 0 radical (unpaired) electrons. The molecule has 3 aromatic rings. The van der Waals surface area contributed by atoms with Crippen LogP contribution in [0.4, 0.5) is 14.9 Å². The number of halogens is 1. The van der Waals surface area contributed by atoms with Gasteiger partial charge in [-0.05, 0) is 55.0 Å². The van der Waals surface area contributed by atoms with E-state index in [0.29, 0.717) is 17.1 Å². The molecule has 0 spiro atoms. The summed E-state index contributed by atoms with van der Waals surface area (Å²) in [7, 11) is 0. The number of carbonyl (C=O) groups is 1. The van der Waals surface area contributed by atoms with Gasteiger partial charge in [0.1, 0.15) is 18.5 Å². The molecule has 4 rings (SSSR count). The summed E-state index contributed by atoms with van der Waals surface area (Å²) >= 11 is 0. The van der Waals surface area contributed by atoms with Gasteiger partial charge in [-0.25, -0.2) is 14.2 Å². The minimum Gasteiger partial charge on any atom is -0.474 e. The number of hydrogen-bond acceptors (Lipinski definition) is 4. The summed E-state index contributed by atoms with van der Waals surface area (Å²) in [4.78, 5) is 16.6. The van der Waals surface area contributed by atoms with Crippen molar-refractivity contribution in [3.8, 4) is 17.0 Å². The zero-order valence-electron chi connectivity index (χ0n) is 16.5. The van der Waals surface area contributed by atoms with Gasteiger partial charge in [0.15, 0.2) is 0 Å². The Bertz CT molecular complexity index is 987. The number of anilines is 1. The SMILES string of the molecule is O=C(Nc1cnc(OC2CCCC2)c(-c2ccc(F)cc2)c1)OCc1ccccc1. The molecule has 1 N–H and O–H groups in total. The number of amides is 1. The molecule has 0 atom stereocenters. The molecule has 1 amide bonds. The average molecular weight is 406 g/mol. The molecule has 154 valence electrons. The Morgan fingerprint density at radius 3 is 2.53 bits per heavy atom. The molecule has 0 saturated heterocycles. The summed E-state index contributed by atoms with van der Waals surface area (Å²) in [6.45, 7) is 0.174. The summed E-state index contributed by atoms with van der Waals surface area (Å²) in [5.74, 6) is 0.167. The van der Waals surface area contributed by atoms with Gasteiger partial charge in [0.25, 0.3) is 0 Å². The van der Waals surface area contributed by atoms with Gasteiger partial charge in [0, 0.05) is 5.56 Å². The molecule has 0 aliphatic heterocycles. The maximum atomic E-state index is 13.4. The predicted octanol–water partition coefficient (Wildman–Crippen LogP) is 5.96. The van der Waals surface area contributed by atoms with Crippen molar-refractivity contribution in [2.75, 3.05) is 5.32 Å². The van der Waals surface area contributed by atoms with E-state index in [1.807, 2.05) is 30.3 Å². The zero-order valence-corrected chi connectivity index (χ0v) is 16.5. The first-order valence-electron chi connectivity index (χ1n) is 10.1. The first-order valence-corrected chi connectivity index (χ1v) is 10.1. The van der Waals surface area contributed by atoms with E-state index in [1.54, 1.807) is 24.4 Å². The monoisotopic (exact) mass is 406 g/mol. The van der Waals surface area contributed by atoms with Crippen LogP contribution in [0.5, 0.6) is 5.88 Å². The van der Waals surface area contributed by atoms with Crippen molar-refractivity contribution < 1.29 is 18.7 Å². The lowest BCUT2D eigenvalue weighted by Gasteiger charge is -2.17. The number of aromatic nitrogens is 1. The molecule has 1 aliphatic rings. The lowest BCUT2D eigenvalue weighted by molar-refractivity contribution is 0.155. The van der Waals surface area contributed by atoms with Crippen molar-refractivity contribution in [3.63, 3.8) is 0 Å². The number of pyridine rings is 1. The van der Waals surface area contributed by atoms with Crippen molar-refractivity contribution in [1.29, 1.82) is 0 Å². The number of nitrogens with zero attached hydrogens (tertiary/aromatic N) is 1. The number of nitrogens with one attached hydrogen (secondary N) is 1. The van der Waals surface area contributed by atoms with E-state index in [1.165, 1.54) is 12.1 Å². The molecule has 1 saturated carbocycles. The molecular formula is C24H23FN2O3. The van der Waals surface area contributed by atoms with Gasteiger partial charge in [-0.3, -0.25) is 5.32 Å². The van der Waals surface area contributed by atoms with Gasteiger partial charge < -0.3 is 9.47 Å². The maximum Gasteiger partial charge on any atom is 0.412 e. The number of ether oxygens (including phenoxy) is 2. The molecule has 0 bridgehead atoms. The summed E-state index contributed by atoms with van der Waals surface area (Å²) < 4.78 is 24.8. The van der Waals surface area contributed by atoms with Crippen LogP contribution in [0.2, 0.25) is 0 Å². The minimum atomic E-state index is -0.574. The molecule has 2 aromatic carbocycles. The highest BCUT2D eigenvalue weighted by molar-refractivity contribution is 5.86. The van der Waals surface area contributed by atoms with Crippen molar-refractivity contribution in [1.82, 2.24) is 4.98 Å². The Morgan fingerprint density at radius 1 is 1.07 bits per heavy atom. The lowest BCUT2D eigenvalue weighted by atomic mass is 10.1. The molecule has 1 aromatic heterocycles. The highest BCUT2D eigenvalue weighted by Gasteiger charge is 2.20. The van der Waals surface area contributed by atoms with Gasteiger partial charge in [0.05, 0.1) is 11.9 Å². The number of rotatable bonds is 6. The van der Waals surface area contributed by atoms with E-state index in [2.05, 4.69) is 10.3 Å². The van der Waals surface area contributed by atoms with Crippen LogP contribution in [0.1, 0.15) is 31.2 Å². The fourth-order valence-corrected chi connectivity index (χ4v) is 3.49. The third-order valence-electron chi connectivity index (χ3n) is 5.05. The van der Waals surface area contributed by atoms with E-state index >= 15 is 0 Å².